The van der Waals surface area contributed by atoms with E-state index in [0.29, 0.717) is 43.2 Å². The number of nitrogens with zero attached hydrogens (tertiary/aromatic N) is 3. The van der Waals surface area contributed by atoms with Crippen LogP contribution in [-0.2, 0) is 4.79 Å². The van der Waals surface area contributed by atoms with Gasteiger partial charge < -0.3 is 15.5 Å². The molecule has 0 aliphatic carbocycles. The Morgan fingerprint density at radius 2 is 2.07 bits per heavy atom. The number of amides is 4. The van der Waals surface area contributed by atoms with Crippen molar-refractivity contribution >= 4 is 29.4 Å². The second-order valence-corrected chi connectivity index (χ2v) is 7.68. The summed E-state index contributed by atoms with van der Waals surface area (Å²) in [6.07, 6.45) is 3.14. The minimum absolute atomic E-state index is 0.114. The Labute approximate surface area is 175 Å². The summed E-state index contributed by atoms with van der Waals surface area (Å²) in [6, 6.07) is 10.7. The quantitative estimate of drug-likeness (QED) is 0.814. The van der Waals surface area contributed by atoms with Crippen molar-refractivity contribution in [2.24, 2.45) is 5.92 Å². The highest BCUT2D eigenvalue weighted by molar-refractivity contribution is 5.99. The van der Waals surface area contributed by atoms with E-state index in [4.69, 9.17) is 0 Å². The van der Waals surface area contributed by atoms with E-state index >= 15 is 0 Å². The molecule has 2 saturated heterocycles. The number of benzene rings is 1. The molecular weight excluding hydrogens is 382 g/mol. The molecule has 2 N–H and O–H groups in total. The zero-order valence-electron chi connectivity index (χ0n) is 16.9. The van der Waals surface area contributed by atoms with Gasteiger partial charge in [0.25, 0.3) is 5.91 Å². The van der Waals surface area contributed by atoms with Crippen LogP contribution in [0.1, 0.15) is 28.8 Å². The maximum Gasteiger partial charge on any atom is 0.321 e. The Balaban J connectivity index is 1.44. The molecule has 2 aliphatic heterocycles. The van der Waals surface area contributed by atoms with Gasteiger partial charge in [0.05, 0.1) is 5.92 Å². The zero-order chi connectivity index (χ0) is 21.1. The molecule has 1 aromatic carbocycles. The first-order valence-electron chi connectivity index (χ1n) is 10.2. The van der Waals surface area contributed by atoms with Crippen LogP contribution in [0.2, 0.25) is 0 Å². The van der Waals surface area contributed by atoms with E-state index in [1.54, 1.807) is 34.2 Å². The Morgan fingerprint density at radius 1 is 1.20 bits per heavy atom. The first-order valence-corrected chi connectivity index (χ1v) is 10.2. The zero-order valence-corrected chi connectivity index (χ0v) is 16.9. The third kappa shape index (κ3) is 4.12. The molecule has 156 valence electrons. The first kappa shape index (κ1) is 19.9. The number of hydrogen-bond donors (Lipinski definition) is 2. The maximum absolute atomic E-state index is 13.1. The second kappa shape index (κ2) is 8.52. The number of aryl methyl sites for hydroxylation is 1. The highest BCUT2D eigenvalue weighted by Gasteiger charge is 2.30. The predicted molar refractivity (Wildman–Crippen MR) is 113 cm³/mol. The summed E-state index contributed by atoms with van der Waals surface area (Å²) in [5.41, 5.74) is 2.12. The number of carbonyl (C=O) groups is 3. The van der Waals surface area contributed by atoms with Crippen molar-refractivity contribution in [2.75, 3.05) is 36.4 Å². The predicted octanol–water partition coefficient (Wildman–Crippen LogP) is 2.41. The van der Waals surface area contributed by atoms with E-state index in [1.807, 2.05) is 25.1 Å². The van der Waals surface area contributed by atoms with E-state index in [2.05, 4.69) is 15.6 Å². The summed E-state index contributed by atoms with van der Waals surface area (Å²) in [6.45, 7) is 4.04. The monoisotopic (exact) mass is 407 g/mol. The lowest BCUT2D eigenvalue weighted by Crippen LogP contribution is -2.44. The Hall–Kier alpha value is -3.42. The van der Waals surface area contributed by atoms with Gasteiger partial charge in [-0.25, -0.2) is 9.78 Å². The topological polar surface area (TPSA) is 94.6 Å². The highest BCUT2D eigenvalue weighted by Crippen LogP contribution is 2.23. The average molecular weight is 407 g/mol. The molecule has 2 aromatic rings. The highest BCUT2D eigenvalue weighted by atomic mass is 16.2. The van der Waals surface area contributed by atoms with Crippen LogP contribution < -0.4 is 15.5 Å². The van der Waals surface area contributed by atoms with Crippen molar-refractivity contribution in [3.8, 4) is 0 Å². The van der Waals surface area contributed by atoms with Crippen LogP contribution in [0.3, 0.4) is 0 Å². The van der Waals surface area contributed by atoms with Crippen LogP contribution in [0, 0.1) is 12.8 Å². The number of piperidine rings is 1. The van der Waals surface area contributed by atoms with Crippen LogP contribution >= 0.6 is 0 Å². The summed E-state index contributed by atoms with van der Waals surface area (Å²) in [4.78, 5) is 45.3. The normalized spacial score (nSPS) is 18.8. The van der Waals surface area contributed by atoms with Gasteiger partial charge in [-0.05, 0) is 49.6 Å². The van der Waals surface area contributed by atoms with Gasteiger partial charge >= 0.3 is 6.03 Å². The number of anilines is 2. The summed E-state index contributed by atoms with van der Waals surface area (Å²) >= 11 is 0. The number of rotatable bonds is 4. The van der Waals surface area contributed by atoms with Gasteiger partial charge in [-0.1, -0.05) is 12.1 Å². The molecule has 8 heteroatoms. The van der Waals surface area contributed by atoms with Crippen LogP contribution in [0.5, 0.6) is 0 Å². The van der Waals surface area contributed by atoms with Crippen molar-refractivity contribution < 1.29 is 14.4 Å². The van der Waals surface area contributed by atoms with E-state index in [1.165, 1.54) is 0 Å². The molecule has 4 amide bonds. The molecule has 8 nitrogen and oxygen atoms in total. The molecule has 0 bridgehead atoms. The molecule has 2 fully saturated rings. The van der Waals surface area contributed by atoms with Crippen LogP contribution in [-0.4, -0.2) is 53.9 Å². The summed E-state index contributed by atoms with van der Waals surface area (Å²) in [5.74, 6) is 0.0407. The van der Waals surface area contributed by atoms with E-state index in [9.17, 15) is 14.4 Å². The summed E-state index contributed by atoms with van der Waals surface area (Å²) in [7, 11) is 0. The Bertz CT molecular complexity index is 977. The van der Waals surface area contributed by atoms with Crippen LogP contribution in [0.15, 0.2) is 42.6 Å². The molecule has 0 unspecified atom stereocenters. The first-order chi connectivity index (χ1) is 14.5. The number of aromatic nitrogens is 1. The lowest BCUT2D eigenvalue weighted by Gasteiger charge is -2.32. The molecule has 0 radical (unpaired) electrons. The lowest BCUT2D eigenvalue weighted by atomic mass is 9.96. The van der Waals surface area contributed by atoms with Crippen molar-refractivity contribution in [3.05, 3.63) is 53.7 Å². The fourth-order valence-electron chi connectivity index (χ4n) is 3.92. The smallest absolute Gasteiger partial charge is 0.321 e. The largest absolute Gasteiger partial charge is 0.338 e. The van der Waals surface area contributed by atoms with Crippen molar-refractivity contribution in [3.63, 3.8) is 0 Å². The van der Waals surface area contributed by atoms with E-state index in [0.717, 1.165) is 18.4 Å². The maximum atomic E-state index is 13.1. The molecule has 30 heavy (non-hydrogen) atoms. The lowest BCUT2D eigenvalue weighted by molar-refractivity contribution is -0.121. The molecule has 4 rings (SSSR count). The molecular formula is C22H25N5O3. The van der Waals surface area contributed by atoms with Crippen molar-refractivity contribution in [1.29, 1.82) is 0 Å². The molecule has 2 aliphatic rings. The summed E-state index contributed by atoms with van der Waals surface area (Å²) < 4.78 is 0. The number of hydrogen-bond acceptors (Lipinski definition) is 4. The molecule has 3 heterocycles. The van der Waals surface area contributed by atoms with E-state index in [-0.39, 0.29) is 23.8 Å². The third-order valence-corrected chi connectivity index (χ3v) is 5.59. The Kier molecular flexibility index (Phi) is 5.65. The van der Waals surface area contributed by atoms with Gasteiger partial charge in [0, 0.05) is 43.6 Å². The molecule has 0 spiro atoms. The number of likely N-dealkylation sites (tertiary alicyclic amines) is 1. The Morgan fingerprint density at radius 3 is 2.83 bits per heavy atom. The van der Waals surface area contributed by atoms with Crippen molar-refractivity contribution in [1.82, 2.24) is 15.2 Å². The van der Waals surface area contributed by atoms with Crippen LogP contribution in [0.4, 0.5) is 16.3 Å². The fraction of sp³-hybridized carbons (Fsp3) is 0.364. The number of urea groups is 1. The second-order valence-electron chi connectivity index (χ2n) is 7.68. The molecule has 0 saturated carbocycles. The minimum Gasteiger partial charge on any atom is -0.338 e. The van der Waals surface area contributed by atoms with Crippen LogP contribution in [0.25, 0.3) is 0 Å². The van der Waals surface area contributed by atoms with Gasteiger partial charge in [0.2, 0.25) is 5.91 Å². The van der Waals surface area contributed by atoms with Gasteiger partial charge in [-0.3, -0.25) is 14.5 Å². The van der Waals surface area contributed by atoms with Gasteiger partial charge in [0.15, 0.2) is 0 Å². The van der Waals surface area contributed by atoms with Gasteiger partial charge in [-0.15, -0.1) is 0 Å². The average Bonchev–Trinajstić information content (AvgIpc) is 3.21. The summed E-state index contributed by atoms with van der Waals surface area (Å²) in [5, 5.41) is 5.66. The van der Waals surface area contributed by atoms with E-state index < -0.39 is 0 Å². The standard InChI is InChI=1S/C22H25N5O3/c1-15-5-3-9-23-19(15)25-20(28)17-7-4-11-26(14-17)21(29)16-6-2-8-18(13-16)27-12-10-24-22(27)30/h2-3,5-6,8-9,13,17H,4,7,10-12,14H2,1H3,(H,24,30)(H,23,25,28)/t17-/m1/s1. The number of pyridine rings is 1. The number of nitrogens with one attached hydrogen (secondary N) is 2. The fourth-order valence-corrected chi connectivity index (χ4v) is 3.92. The minimum atomic E-state index is -0.281. The molecule has 1 atom stereocenters. The molecule has 1 aromatic heterocycles. The van der Waals surface area contributed by atoms with Gasteiger partial charge in [0.1, 0.15) is 5.82 Å². The number of carbonyl (C=O) groups excluding carboxylic acids is 3. The third-order valence-electron chi connectivity index (χ3n) is 5.59. The SMILES string of the molecule is Cc1cccnc1NC(=O)[C@@H]1CCCN(C(=O)c2cccc(N3CCNC3=O)c2)C1. The van der Waals surface area contributed by atoms with Crippen molar-refractivity contribution in [2.45, 2.75) is 19.8 Å². The van der Waals surface area contributed by atoms with Gasteiger partial charge in [-0.2, -0.15) is 0 Å².